The van der Waals surface area contributed by atoms with Gasteiger partial charge in [-0.05, 0) is 24.6 Å². The Morgan fingerprint density at radius 3 is 2.55 bits per heavy atom. The maximum absolute atomic E-state index is 11.6. The SMILES string of the molecule is CS(=O)(=O)Nc1ccc(NC(=O)NCCCC(=O)O)cc1Cl. The maximum Gasteiger partial charge on any atom is 0.319 e. The molecule has 0 spiro atoms. The number of halogens is 1. The molecule has 0 aliphatic heterocycles. The van der Waals surface area contributed by atoms with Crippen molar-refractivity contribution in [2.24, 2.45) is 0 Å². The fourth-order valence-electron chi connectivity index (χ4n) is 1.49. The lowest BCUT2D eigenvalue weighted by Gasteiger charge is -2.10. The molecule has 22 heavy (non-hydrogen) atoms. The molecule has 0 aliphatic rings. The van der Waals surface area contributed by atoms with Crippen molar-refractivity contribution in [3.05, 3.63) is 23.2 Å². The number of sulfonamides is 1. The minimum Gasteiger partial charge on any atom is -0.481 e. The number of benzene rings is 1. The van der Waals surface area contributed by atoms with E-state index in [1.54, 1.807) is 0 Å². The first-order chi connectivity index (χ1) is 10.2. The summed E-state index contributed by atoms with van der Waals surface area (Å²) >= 11 is 5.92. The topological polar surface area (TPSA) is 125 Å². The number of nitrogens with one attached hydrogen (secondary N) is 3. The summed E-state index contributed by atoms with van der Waals surface area (Å²) < 4.78 is 24.5. The molecule has 0 fully saturated rings. The van der Waals surface area contributed by atoms with Crippen LogP contribution in [-0.4, -0.2) is 38.3 Å². The van der Waals surface area contributed by atoms with E-state index in [0.29, 0.717) is 12.1 Å². The summed E-state index contributed by atoms with van der Waals surface area (Å²) in [5.41, 5.74) is 0.580. The van der Waals surface area contributed by atoms with E-state index < -0.39 is 22.0 Å². The Bertz CT molecular complexity index is 663. The molecule has 0 radical (unpaired) electrons. The maximum atomic E-state index is 11.6. The quantitative estimate of drug-likeness (QED) is 0.557. The largest absolute Gasteiger partial charge is 0.481 e. The molecule has 0 saturated carbocycles. The van der Waals surface area contributed by atoms with E-state index in [4.69, 9.17) is 16.7 Å². The van der Waals surface area contributed by atoms with Crippen molar-refractivity contribution in [2.45, 2.75) is 12.8 Å². The van der Waals surface area contributed by atoms with Gasteiger partial charge in [-0.15, -0.1) is 0 Å². The van der Waals surface area contributed by atoms with Crippen molar-refractivity contribution >= 4 is 45.0 Å². The smallest absolute Gasteiger partial charge is 0.319 e. The van der Waals surface area contributed by atoms with Gasteiger partial charge in [0.05, 0.1) is 17.0 Å². The number of anilines is 2. The molecule has 1 aromatic carbocycles. The predicted octanol–water partition coefficient (Wildman–Crippen LogP) is 1.70. The van der Waals surface area contributed by atoms with Crippen molar-refractivity contribution in [3.8, 4) is 0 Å². The minimum atomic E-state index is -3.44. The number of carboxylic acids is 1. The molecular formula is C12H16ClN3O5S. The van der Waals surface area contributed by atoms with Gasteiger partial charge < -0.3 is 15.7 Å². The Hall–Kier alpha value is -2.00. The number of carbonyl (C=O) groups is 2. The summed E-state index contributed by atoms with van der Waals surface area (Å²) in [6, 6.07) is 3.79. The van der Waals surface area contributed by atoms with Crippen LogP contribution in [0.3, 0.4) is 0 Å². The third kappa shape index (κ3) is 7.14. The van der Waals surface area contributed by atoms with Crippen molar-refractivity contribution in [2.75, 3.05) is 22.8 Å². The number of hydrogen-bond acceptors (Lipinski definition) is 4. The van der Waals surface area contributed by atoms with Crippen molar-refractivity contribution in [1.29, 1.82) is 0 Å². The lowest BCUT2D eigenvalue weighted by Crippen LogP contribution is -2.29. The number of amides is 2. The summed E-state index contributed by atoms with van der Waals surface area (Å²) in [4.78, 5) is 21.9. The van der Waals surface area contributed by atoms with Gasteiger partial charge in [0.25, 0.3) is 0 Å². The van der Waals surface area contributed by atoms with Gasteiger partial charge in [-0.2, -0.15) is 0 Å². The Labute approximate surface area is 132 Å². The number of carbonyl (C=O) groups excluding carboxylic acids is 1. The molecule has 0 bridgehead atoms. The molecule has 0 aromatic heterocycles. The van der Waals surface area contributed by atoms with Crippen LogP contribution in [0.1, 0.15) is 12.8 Å². The van der Waals surface area contributed by atoms with Crippen LogP contribution in [0.5, 0.6) is 0 Å². The molecule has 4 N–H and O–H groups in total. The van der Waals surface area contributed by atoms with Crippen molar-refractivity contribution in [1.82, 2.24) is 5.32 Å². The van der Waals surface area contributed by atoms with Gasteiger partial charge in [0, 0.05) is 18.7 Å². The lowest BCUT2D eigenvalue weighted by atomic mass is 10.3. The van der Waals surface area contributed by atoms with E-state index in [-0.39, 0.29) is 23.7 Å². The van der Waals surface area contributed by atoms with Gasteiger partial charge in [0.2, 0.25) is 10.0 Å². The van der Waals surface area contributed by atoms with Crippen LogP contribution in [0.4, 0.5) is 16.2 Å². The Balaban J connectivity index is 2.54. The average Bonchev–Trinajstić information content (AvgIpc) is 2.36. The first-order valence-corrected chi connectivity index (χ1v) is 8.48. The van der Waals surface area contributed by atoms with E-state index in [2.05, 4.69) is 15.4 Å². The van der Waals surface area contributed by atoms with Crippen LogP contribution in [0, 0.1) is 0 Å². The van der Waals surface area contributed by atoms with Gasteiger partial charge in [-0.3, -0.25) is 9.52 Å². The van der Waals surface area contributed by atoms with Crippen LogP contribution in [0.15, 0.2) is 18.2 Å². The number of carboxylic acid groups (broad SMARTS) is 1. The zero-order valence-corrected chi connectivity index (χ0v) is 13.3. The molecule has 0 aliphatic carbocycles. The monoisotopic (exact) mass is 349 g/mol. The van der Waals surface area contributed by atoms with Gasteiger partial charge in [0.15, 0.2) is 0 Å². The standard InChI is InChI=1S/C12H16ClN3O5S/c1-22(20,21)16-10-5-4-8(7-9(10)13)15-12(19)14-6-2-3-11(17)18/h4-5,7,16H,2-3,6H2,1H3,(H,17,18)(H2,14,15,19). The Morgan fingerprint density at radius 2 is 2.00 bits per heavy atom. The van der Waals surface area contributed by atoms with E-state index in [9.17, 15) is 18.0 Å². The number of urea groups is 1. The third-order valence-corrected chi connectivity index (χ3v) is 3.28. The van der Waals surface area contributed by atoms with Crippen LogP contribution < -0.4 is 15.4 Å². The Kier molecular flexibility index (Phi) is 6.44. The first-order valence-electron chi connectivity index (χ1n) is 6.21. The number of rotatable bonds is 7. The zero-order valence-electron chi connectivity index (χ0n) is 11.7. The highest BCUT2D eigenvalue weighted by molar-refractivity contribution is 7.92. The normalized spacial score (nSPS) is 10.8. The molecule has 0 atom stereocenters. The van der Waals surface area contributed by atoms with Crippen molar-refractivity contribution < 1.29 is 23.1 Å². The van der Waals surface area contributed by atoms with Crippen LogP contribution >= 0.6 is 11.6 Å². The van der Waals surface area contributed by atoms with Crippen LogP contribution in [0.25, 0.3) is 0 Å². The average molecular weight is 350 g/mol. The molecular weight excluding hydrogens is 334 g/mol. The summed E-state index contributed by atoms with van der Waals surface area (Å²) in [7, 11) is -3.44. The van der Waals surface area contributed by atoms with Gasteiger partial charge >= 0.3 is 12.0 Å². The molecule has 2 amide bonds. The molecule has 122 valence electrons. The van der Waals surface area contributed by atoms with E-state index in [1.165, 1.54) is 18.2 Å². The number of hydrogen-bond donors (Lipinski definition) is 4. The summed E-state index contributed by atoms with van der Waals surface area (Å²) in [6.07, 6.45) is 1.29. The highest BCUT2D eigenvalue weighted by Gasteiger charge is 2.08. The summed E-state index contributed by atoms with van der Waals surface area (Å²) in [5.74, 6) is -0.928. The lowest BCUT2D eigenvalue weighted by molar-refractivity contribution is -0.137. The third-order valence-electron chi connectivity index (χ3n) is 2.38. The van der Waals surface area contributed by atoms with E-state index in [1.807, 2.05) is 0 Å². The zero-order chi connectivity index (χ0) is 16.8. The number of aliphatic carboxylic acids is 1. The first kappa shape index (κ1) is 18.1. The van der Waals surface area contributed by atoms with E-state index in [0.717, 1.165) is 6.26 Å². The molecule has 0 heterocycles. The molecule has 1 rings (SSSR count). The van der Waals surface area contributed by atoms with Crippen molar-refractivity contribution in [3.63, 3.8) is 0 Å². The Morgan fingerprint density at radius 1 is 1.32 bits per heavy atom. The highest BCUT2D eigenvalue weighted by Crippen LogP contribution is 2.26. The molecule has 1 aromatic rings. The minimum absolute atomic E-state index is 0.0298. The fraction of sp³-hybridized carbons (Fsp3) is 0.333. The predicted molar refractivity (Wildman–Crippen MR) is 83.8 cm³/mol. The van der Waals surface area contributed by atoms with Gasteiger partial charge in [-0.25, -0.2) is 13.2 Å². The fourth-order valence-corrected chi connectivity index (χ4v) is 2.35. The second-order valence-corrected chi connectivity index (χ2v) is 6.60. The molecule has 8 nitrogen and oxygen atoms in total. The molecule has 10 heteroatoms. The van der Waals surface area contributed by atoms with Crippen LogP contribution in [0.2, 0.25) is 5.02 Å². The van der Waals surface area contributed by atoms with Gasteiger partial charge in [-0.1, -0.05) is 11.6 Å². The van der Waals surface area contributed by atoms with Gasteiger partial charge in [0.1, 0.15) is 0 Å². The van der Waals surface area contributed by atoms with E-state index >= 15 is 0 Å². The highest BCUT2D eigenvalue weighted by atomic mass is 35.5. The molecule has 0 saturated heterocycles. The van der Waals surface area contributed by atoms with Crippen LogP contribution in [-0.2, 0) is 14.8 Å². The molecule has 0 unspecified atom stereocenters. The second kappa shape index (κ2) is 7.85. The summed E-state index contributed by atoms with van der Waals surface area (Å²) in [5, 5.41) is 13.6. The second-order valence-electron chi connectivity index (χ2n) is 4.45. The summed E-state index contributed by atoms with van der Waals surface area (Å²) in [6.45, 7) is 0.222.